The van der Waals surface area contributed by atoms with E-state index in [1.807, 2.05) is 63.2 Å². The van der Waals surface area contributed by atoms with Crippen LogP contribution in [-0.4, -0.2) is 16.8 Å². The average molecular weight is 379 g/mol. The molecular weight excluding hydrogens is 358 g/mol. The Hall–Kier alpha value is -2.99. The van der Waals surface area contributed by atoms with Gasteiger partial charge in [-0.2, -0.15) is 0 Å². The first-order chi connectivity index (χ1) is 12.9. The van der Waals surface area contributed by atoms with E-state index in [9.17, 15) is 9.59 Å². The molecule has 5 nitrogen and oxygen atoms in total. The van der Waals surface area contributed by atoms with Crippen molar-refractivity contribution in [3.05, 3.63) is 81.3 Å². The molecule has 0 bridgehead atoms. The quantitative estimate of drug-likeness (QED) is 0.685. The van der Waals surface area contributed by atoms with Crippen LogP contribution >= 0.6 is 11.3 Å². The van der Waals surface area contributed by atoms with Gasteiger partial charge in [-0.1, -0.05) is 30.3 Å². The van der Waals surface area contributed by atoms with Crippen molar-refractivity contribution in [1.82, 2.24) is 10.3 Å². The molecule has 3 aromatic rings. The van der Waals surface area contributed by atoms with Gasteiger partial charge in [0.05, 0.1) is 16.7 Å². The zero-order valence-electron chi connectivity index (χ0n) is 15.4. The van der Waals surface area contributed by atoms with Gasteiger partial charge < -0.3 is 10.6 Å². The molecule has 1 aromatic heterocycles. The van der Waals surface area contributed by atoms with Crippen LogP contribution in [0.3, 0.4) is 0 Å². The molecule has 6 heteroatoms. The smallest absolute Gasteiger partial charge is 0.263 e. The SMILES string of the molecule is Cc1nc(C)c(C(=O)NC(C)c2cccc(NC(=O)c3ccccc3)c2)s1. The maximum atomic E-state index is 12.5. The molecule has 0 saturated carbocycles. The van der Waals surface area contributed by atoms with Gasteiger partial charge in [-0.25, -0.2) is 4.98 Å². The summed E-state index contributed by atoms with van der Waals surface area (Å²) in [5.74, 6) is -0.301. The Balaban J connectivity index is 1.70. The van der Waals surface area contributed by atoms with Crippen LogP contribution in [0.1, 0.15) is 49.3 Å². The fraction of sp³-hybridized carbons (Fsp3) is 0.190. The number of carbonyl (C=O) groups is 2. The number of aryl methyl sites for hydroxylation is 2. The molecule has 0 aliphatic carbocycles. The molecule has 0 aliphatic rings. The minimum absolute atomic E-state index is 0.135. The highest BCUT2D eigenvalue weighted by Gasteiger charge is 2.17. The minimum Gasteiger partial charge on any atom is -0.345 e. The molecule has 0 saturated heterocycles. The Labute approximate surface area is 162 Å². The fourth-order valence-corrected chi connectivity index (χ4v) is 3.59. The van der Waals surface area contributed by atoms with Crippen LogP contribution in [0.2, 0.25) is 0 Å². The van der Waals surface area contributed by atoms with E-state index in [-0.39, 0.29) is 17.9 Å². The fourth-order valence-electron chi connectivity index (χ4n) is 2.77. The maximum absolute atomic E-state index is 12.5. The molecule has 2 aromatic carbocycles. The number of benzene rings is 2. The molecule has 138 valence electrons. The van der Waals surface area contributed by atoms with E-state index in [1.54, 1.807) is 12.1 Å². The Morgan fingerprint density at radius 1 is 1.00 bits per heavy atom. The monoisotopic (exact) mass is 379 g/mol. The lowest BCUT2D eigenvalue weighted by molar-refractivity contribution is 0.0942. The first kappa shape index (κ1) is 18.8. The van der Waals surface area contributed by atoms with Gasteiger partial charge in [-0.3, -0.25) is 9.59 Å². The molecule has 2 amide bonds. The summed E-state index contributed by atoms with van der Waals surface area (Å²) in [6.07, 6.45) is 0. The highest BCUT2D eigenvalue weighted by Crippen LogP contribution is 2.21. The molecule has 1 heterocycles. The lowest BCUT2D eigenvalue weighted by Crippen LogP contribution is -2.26. The second-order valence-electron chi connectivity index (χ2n) is 6.29. The van der Waals surface area contributed by atoms with Crippen molar-refractivity contribution in [3.8, 4) is 0 Å². The van der Waals surface area contributed by atoms with Crippen LogP contribution in [0.15, 0.2) is 54.6 Å². The van der Waals surface area contributed by atoms with Gasteiger partial charge in [-0.15, -0.1) is 11.3 Å². The predicted octanol–water partition coefficient (Wildman–Crippen LogP) is 4.50. The number of nitrogens with one attached hydrogen (secondary N) is 2. The van der Waals surface area contributed by atoms with Crippen LogP contribution in [0, 0.1) is 13.8 Å². The number of hydrogen-bond donors (Lipinski definition) is 2. The summed E-state index contributed by atoms with van der Waals surface area (Å²) >= 11 is 1.39. The molecule has 1 unspecified atom stereocenters. The molecule has 2 N–H and O–H groups in total. The van der Waals surface area contributed by atoms with Crippen molar-refractivity contribution in [2.24, 2.45) is 0 Å². The first-order valence-corrected chi connectivity index (χ1v) is 9.47. The maximum Gasteiger partial charge on any atom is 0.263 e. The van der Waals surface area contributed by atoms with Gasteiger partial charge in [0.2, 0.25) is 0 Å². The Bertz CT molecular complexity index is 967. The third-order valence-corrected chi connectivity index (χ3v) is 5.21. The van der Waals surface area contributed by atoms with Gasteiger partial charge in [0, 0.05) is 11.3 Å². The third-order valence-electron chi connectivity index (χ3n) is 4.14. The number of nitrogens with zero attached hydrogens (tertiary/aromatic N) is 1. The lowest BCUT2D eigenvalue weighted by Gasteiger charge is -2.15. The predicted molar refractivity (Wildman–Crippen MR) is 108 cm³/mol. The van der Waals surface area contributed by atoms with E-state index >= 15 is 0 Å². The number of hydrogen-bond acceptors (Lipinski definition) is 4. The van der Waals surface area contributed by atoms with Crippen molar-refractivity contribution in [2.45, 2.75) is 26.8 Å². The lowest BCUT2D eigenvalue weighted by atomic mass is 10.1. The van der Waals surface area contributed by atoms with Crippen molar-refractivity contribution in [3.63, 3.8) is 0 Å². The van der Waals surface area contributed by atoms with Crippen LogP contribution in [-0.2, 0) is 0 Å². The zero-order valence-corrected chi connectivity index (χ0v) is 16.3. The summed E-state index contributed by atoms with van der Waals surface area (Å²) in [7, 11) is 0. The van der Waals surface area contributed by atoms with Crippen molar-refractivity contribution >= 4 is 28.8 Å². The van der Waals surface area contributed by atoms with Crippen LogP contribution in [0.5, 0.6) is 0 Å². The minimum atomic E-state index is -0.201. The molecule has 3 rings (SSSR count). The van der Waals surface area contributed by atoms with E-state index in [0.29, 0.717) is 16.1 Å². The van der Waals surface area contributed by atoms with Gasteiger partial charge >= 0.3 is 0 Å². The van der Waals surface area contributed by atoms with Crippen molar-refractivity contribution < 1.29 is 9.59 Å². The molecule has 0 radical (unpaired) electrons. The number of carbonyl (C=O) groups excluding carboxylic acids is 2. The molecule has 0 fully saturated rings. The highest BCUT2D eigenvalue weighted by atomic mass is 32.1. The summed E-state index contributed by atoms with van der Waals surface area (Å²) in [5, 5.41) is 6.76. The molecular formula is C21H21N3O2S. The van der Waals surface area contributed by atoms with Crippen LogP contribution < -0.4 is 10.6 Å². The number of aromatic nitrogens is 1. The van der Waals surface area contributed by atoms with E-state index in [0.717, 1.165) is 16.3 Å². The van der Waals surface area contributed by atoms with Gasteiger partial charge in [0.15, 0.2) is 0 Å². The molecule has 1 atom stereocenters. The van der Waals surface area contributed by atoms with Gasteiger partial charge in [0.1, 0.15) is 4.88 Å². The third kappa shape index (κ3) is 4.60. The normalized spacial score (nSPS) is 11.7. The topological polar surface area (TPSA) is 71.1 Å². The second-order valence-corrected chi connectivity index (χ2v) is 7.49. The number of anilines is 1. The summed E-state index contributed by atoms with van der Waals surface area (Å²) in [6, 6.07) is 16.3. The number of rotatable bonds is 5. The standard InChI is InChI=1S/C21H21N3O2S/c1-13(23-21(26)19-14(2)22-15(3)27-19)17-10-7-11-18(12-17)24-20(25)16-8-5-4-6-9-16/h4-13H,1-3H3,(H,23,26)(H,24,25). The number of amides is 2. The highest BCUT2D eigenvalue weighted by molar-refractivity contribution is 7.13. The summed E-state index contributed by atoms with van der Waals surface area (Å²) in [4.78, 5) is 29.7. The zero-order chi connectivity index (χ0) is 19.4. The second kappa shape index (κ2) is 8.14. The van der Waals surface area contributed by atoms with Crippen molar-refractivity contribution in [2.75, 3.05) is 5.32 Å². The van der Waals surface area contributed by atoms with E-state index in [4.69, 9.17) is 0 Å². The summed E-state index contributed by atoms with van der Waals surface area (Å²) < 4.78 is 0. The van der Waals surface area contributed by atoms with E-state index in [1.165, 1.54) is 11.3 Å². The largest absolute Gasteiger partial charge is 0.345 e. The average Bonchev–Trinajstić information content (AvgIpc) is 3.01. The van der Waals surface area contributed by atoms with E-state index in [2.05, 4.69) is 15.6 Å². The van der Waals surface area contributed by atoms with Crippen LogP contribution in [0.4, 0.5) is 5.69 Å². The van der Waals surface area contributed by atoms with Crippen molar-refractivity contribution in [1.29, 1.82) is 0 Å². The Kier molecular flexibility index (Phi) is 5.66. The van der Waals surface area contributed by atoms with Gasteiger partial charge in [-0.05, 0) is 50.6 Å². The molecule has 27 heavy (non-hydrogen) atoms. The molecule has 0 aliphatic heterocycles. The molecule has 0 spiro atoms. The Morgan fingerprint density at radius 2 is 1.74 bits per heavy atom. The van der Waals surface area contributed by atoms with Gasteiger partial charge in [0.25, 0.3) is 11.8 Å². The Morgan fingerprint density at radius 3 is 2.41 bits per heavy atom. The summed E-state index contributed by atoms with van der Waals surface area (Å²) in [5.41, 5.74) is 2.94. The van der Waals surface area contributed by atoms with E-state index < -0.39 is 0 Å². The summed E-state index contributed by atoms with van der Waals surface area (Å²) in [6.45, 7) is 5.64. The first-order valence-electron chi connectivity index (χ1n) is 8.65. The van der Waals surface area contributed by atoms with Crippen LogP contribution in [0.25, 0.3) is 0 Å². The number of thiazole rings is 1.